The molecule has 1 aromatic rings. The van der Waals surface area contributed by atoms with Gasteiger partial charge < -0.3 is 10.6 Å². The Morgan fingerprint density at radius 1 is 1.29 bits per heavy atom. The summed E-state index contributed by atoms with van der Waals surface area (Å²) in [5.74, 6) is -1.57. The van der Waals surface area contributed by atoms with Crippen molar-refractivity contribution in [1.29, 1.82) is 0 Å². The molecule has 0 saturated carbocycles. The molecule has 1 heterocycles. The second-order valence-corrected chi connectivity index (χ2v) is 4.61. The minimum atomic E-state index is -0.803. The summed E-state index contributed by atoms with van der Waals surface area (Å²) in [6.45, 7) is 2.87. The van der Waals surface area contributed by atoms with Gasteiger partial charge in [-0.1, -0.05) is 6.07 Å². The van der Waals surface area contributed by atoms with Gasteiger partial charge >= 0.3 is 0 Å². The monoisotopic (exact) mass is 240 g/mol. The zero-order valence-electron chi connectivity index (χ0n) is 10.0. The Balaban J connectivity index is 2.35. The number of hydrogen-bond acceptors (Lipinski definition) is 2. The van der Waals surface area contributed by atoms with E-state index in [4.69, 9.17) is 5.73 Å². The van der Waals surface area contributed by atoms with Crippen molar-refractivity contribution in [2.45, 2.75) is 38.8 Å². The Morgan fingerprint density at radius 2 is 2.06 bits per heavy atom. The van der Waals surface area contributed by atoms with Gasteiger partial charge in [-0.25, -0.2) is 8.78 Å². The summed E-state index contributed by atoms with van der Waals surface area (Å²) in [7, 11) is 0. The van der Waals surface area contributed by atoms with E-state index in [9.17, 15) is 8.78 Å². The third-order valence-electron chi connectivity index (χ3n) is 3.47. The number of benzene rings is 1. The van der Waals surface area contributed by atoms with E-state index in [2.05, 4.69) is 0 Å². The van der Waals surface area contributed by atoms with Gasteiger partial charge in [0.2, 0.25) is 0 Å². The normalized spacial score (nSPS) is 20.7. The summed E-state index contributed by atoms with van der Waals surface area (Å²) in [4.78, 5) is 1.95. The lowest BCUT2D eigenvalue weighted by Gasteiger charge is -2.35. The first-order chi connectivity index (χ1) is 8.15. The van der Waals surface area contributed by atoms with Crippen LogP contribution in [0.25, 0.3) is 0 Å². The van der Waals surface area contributed by atoms with Crippen LogP contribution in [0.15, 0.2) is 12.1 Å². The van der Waals surface area contributed by atoms with Gasteiger partial charge in [-0.3, -0.25) is 0 Å². The predicted octanol–water partition coefficient (Wildman–Crippen LogP) is 2.80. The predicted molar refractivity (Wildman–Crippen MR) is 64.9 cm³/mol. The third kappa shape index (κ3) is 2.27. The molecule has 0 amide bonds. The van der Waals surface area contributed by atoms with Crippen LogP contribution in [-0.4, -0.2) is 12.6 Å². The van der Waals surface area contributed by atoms with Gasteiger partial charge in [-0.2, -0.15) is 0 Å². The van der Waals surface area contributed by atoms with E-state index < -0.39 is 11.6 Å². The maximum absolute atomic E-state index is 13.9. The van der Waals surface area contributed by atoms with Crippen LogP contribution in [0.5, 0.6) is 0 Å². The molecule has 0 aliphatic carbocycles. The SMILES string of the molecule is CC1CCCCN1c1ccc(CN)c(F)c1F. The van der Waals surface area contributed by atoms with Crippen LogP contribution in [0.4, 0.5) is 14.5 Å². The average molecular weight is 240 g/mol. The van der Waals surface area contributed by atoms with Gasteiger partial charge in [0.15, 0.2) is 11.6 Å². The molecule has 2 nitrogen and oxygen atoms in total. The van der Waals surface area contributed by atoms with Crippen molar-refractivity contribution in [1.82, 2.24) is 0 Å². The molecular formula is C13H18F2N2. The van der Waals surface area contributed by atoms with Gasteiger partial charge in [-0.15, -0.1) is 0 Å². The summed E-state index contributed by atoms with van der Waals surface area (Å²) in [5, 5.41) is 0. The molecule has 17 heavy (non-hydrogen) atoms. The molecule has 0 radical (unpaired) electrons. The van der Waals surface area contributed by atoms with E-state index >= 15 is 0 Å². The first kappa shape index (κ1) is 12.3. The first-order valence-corrected chi connectivity index (χ1v) is 6.08. The molecule has 1 unspecified atom stereocenters. The van der Waals surface area contributed by atoms with Crippen molar-refractivity contribution in [3.63, 3.8) is 0 Å². The zero-order chi connectivity index (χ0) is 12.4. The molecule has 1 aliphatic rings. The Bertz CT molecular complexity index is 407. The van der Waals surface area contributed by atoms with Crippen molar-refractivity contribution in [2.75, 3.05) is 11.4 Å². The minimum absolute atomic E-state index is 0.0264. The Hall–Kier alpha value is -1.16. The van der Waals surface area contributed by atoms with Crippen molar-refractivity contribution in [3.05, 3.63) is 29.3 Å². The highest BCUT2D eigenvalue weighted by Gasteiger charge is 2.23. The molecule has 1 aromatic carbocycles. The number of nitrogens with two attached hydrogens (primary N) is 1. The molecule has 1 saturated heterocycles. The lowest BCUT2D eigenvalue weighted by molar-refractivity contribution is 0.458. The van der Waals surface area contributed by atoms with Gasteiger partial charge in [0.05, 0.1) is 5.69 Å². The van der Waals surface area contributed by atoms with Crippen molar-refractivity contribution in [3.8, 4) is 0 Å². The third-order valence-corrected chi connectivity index (χ3v) is 3.47. The van der Waals surface area contributed by atoms with E-state index in [1.807, 2.05) is 11.8 Å². The summed E-state index contributed by atoms with van der Waals surface area (Å²) in [6.07, 6.45) is 3.21. The lowest BCUT2D eigenvalue weighted by atomic mass is 10.0. The van der Waals surface area contributed by atoms with Crippen LogP contribution in [0.2, 0.25) is 0 Å². The summed E-state index contributed by atoms with van der Waals surface area (Å²) in [5.41, 5.74) is 5.95. The van der Waals surface area contributed by atoms with Crippen LogP contribution in [-0.2, 0) is 6.54 Å². The van der Waals surface area contributed by atoms with E-state index in [0.29, 0.717) is 5.69 Å². The maximum atomic E-state index is 13.9. The van der Waals surface area contributed by atoms with E-state index in [0.717, 1.165) is 25.8 Å². The maximum Gasteiger partial charge on any atom is 0.182 e. The minimum Gasteiger partial charge on any atom is -0.366 e. The highest BCUT2D eigenvalue weighted by atomic mass is 19.2. The van der Waals surface area contributed by atoms with Crippen molar-refractivity contribution < 1.29 is 8.78 Å². The molecule has 0 bridgehead atoms. The lowest BCUT2D eigenvalue weighted by Crippen LogP contribution is -2.38. The summed E-state index contributed by atoms with van der Waals surface area (Å²) < 4.78 is 27.6. The van der Waals surface area contributed by atoms with Crippen LogP contribution in [0.3, 0.4) is 0 Å². The van der Waals surface area contributed by atoms with E-state index in [1.165, 1.54) is 0 Å². The van der Waals surface area contributed by atoms with Gasteiger partial charge in [0.25, 0.3) is 0 Å². The molecular weight excluding hydrogens is 222 g/mol. The number of nitrogens with zero attached hydrogens (tertiary/aromatic N) is 1. The van der Waals surface area contributed by atoms with Crippen molar-refractivity contribution in [2.24, 2.45) is 5.73 Å². The van der Waals surface area contributed by atoms with Crippen LogP contribution in [0.1, 0.15) is 31.7 Å². The van der Waals surface area contributed by atoms with E-state index in [-0.39, 0.29) is 18.2 Å². The number of halogens is 2. The van der Waals surface area contributed by atoms with Gasteiger partial charge in [-0.05, 0) is 32.3 Å². The topological polar surface area (TPSA) is 29.3 Å². The highest BCUT2D eigenvalue weighted by molar-refractivity contribution is 5.51. The first-order valence-electron chi connectivity index (χ1n) is 6.08. The molecule has 1 aliphatic heterocycles. The Morgan fingerprint density at radius 3 is 2.71 bits per heavy atom. The van der Waals surface area contributed by atoms with Gasteiger partial charge in [0, 0.05) is 24.7 Å². The molecule has 94 valence electrons. The Kier molecular flexibility index (Phi) is 3.62. The fourth-order valence-corrected chi connectivity index (χ4v) is 2.41. The molecule has 1 atom stereocenters. The second kappa shape index (κ2) is 5.00. The van der Waals surface area contributed by atoms with Crippen molar-refractivity contribution >= 4 is 5.69 Å². The van der Waals surface area contributed by atoms with Gasteiger partial charge in [0.1, 0.15) is 0 Å². The molecule has 1 fully saturated rings. The molecule has 2 N–H and O–H groups in total. The molecule has 2 rings (SSSR count). The number of piperidine rings is 1. The molecule has 0 aromatic heterocycles. The number of rotatable bonds is 2. The summed E-state index contributed by atoms with van der Waals surface area (Å²) >= 11 is 0. The zero-order valence-corrected chi connectivity index (χ0v) is 10.0. The highest BCUT2D eigenvalue weighted by Crippen LogP contribution is 2.29. The fraction of sp³-hybridized carbons (Fsp3) is 0.538. The number of hydrogen-bond donors (Lipinski definition) is 1. The average Bonchev–Trinajstić information content (AvgIpc) is 2.34. The quantitative estimate of drug-likeness (QED) is 0.861. The fourth-order valence-electron chi connectivity index (χ4n) is 2.41. The molecule has 0 spiro atoms. The second-order valence-electron chi connectivity index (χ2n) is 4.61. The Labute approximate surface area is 100 Å². The van der Waals surface area contributed by atoms with E-state index in [1.54, 1.807) is 12.1 Å². The standard InChI is InChI=1S/C13H18F2N2/c1-9-4-2-3-7-17(9)11-6-5-10(8-16)12(14)13(11)15/h5-6,9H,2-4,7-8,16H2,1H3. The molecule has 4 heteroatoms. The summed E-state index contributed by atoms with van der Waals surface area (Å²) in [6, 6.07) is 3.48. The van der Waals surface area contributed by atoms with Crippen LogP contribution < -0.4 is 10.6 Å². The van der Waals surface area contributed by atoms with Crippen LogP contribution >= 0.6 is 0 Å². The van der Waals surface area contributed by atoms with Crippen LogP contribution in [0, 0.1) is 11.6 Å². The number of anilines is 1. The largest absolute Gasteiger partial charge is 0.366 e. The smallest absolute Gasteiger partial charge is 0.182 e.